The Bertz CT molecular complexity index is 1040. The van der Waals surface area contributed by atoms with Gasteiger partial charge >= 0.3 is 18.6 Å². The third kappa shape index (κ3) is 6.58. The Morgan fingerprint density at radius 2 is 1.89 bits per heavy atom. The maximum absolute atomic E-state index is 13.7. The van der Waals surface area contributed by atoms with Crippen LogP contribution in [-0.2, 0) is 9.53 Å². The number of ether oxygens (including phenoxy) is 3. The second-order valence-electron chi connectivity index (χ2n) is 8.73. The summed E-state index contributed by atoms with van der Waals surface area (Å²) in [7, 11) is 1.34. The fourth-order valence-corrected chi connectivity index (χ4v) is 4.37. The maximum Gasteiger partial charge on any atom is 0.388 e. The highest BCUT2D eigenvalue weighted by Crippen LogP contribution is 2.36. The van der Waals surface area contributed by atoms with Crippen LogP contribution in [0.15, 0.2) is 30.6 Å². The topological polar surface area (TPSA) is 103 Å². The Labute approximate surface area is 209 Å². The van der Waals surface area contributed by atoms with Crippen molar-refractivity contribution in [1.82, 2.24) is 9.97 Å². The molecule has 9 nitrogen and oxygen atoms in total. The minimum absolute atomic E-state index is 0.0266. The van der Waals surface area contributed by atoms with Crippen LogP contribution in [0.4, 0.5) is 25.0 Å². The lowest BCUT2D eigenvalue weighted by Crippen LogP contribution is -2.46. The first-order valence-corrected chi connectivity index (χ1v) is 12.0. The lowest BCUT2D eigenvalue weighted by molar-refractivity contribution is -0.149. The molecule has 1 aliphatic carbocycles. The second-order valence-corrected chi connectivity index (χ2v) is 8.73. The van der Waals surface area contributed by atoms with Gasteiger partial charge in [-0.1, -0.05) is 13.8 Å². The predicted octanol–water partition coefficient (Wildman–Crippen LogP) is 5.37. The van der Waals surface area contributed by atoms with Gasteiger partial charge < -0.3 is 19.5 Å². The van der Waals surface area contributed by atoms with Crippen LogP contribution in [0, 0.1) is 5.92 Å². The largest absolute Gasteiger partial charge is 0.481 e. The molecule has 0 unspecified atom stereocenters. The van der Waals surface area contributed by atoms with E-state index >= 15 is 0 Å². The van der Waals surface area contributed by atoms with E-state index < -0.39 is 18.5 Å². The summed E-state index contributed by atoms with van der Waals surface area (Å²) in [5, 5.41) is 2.67. The van der Waals surface area contributed by atoms with Crippen LogP contribution in [-0.4, -0.2) is 48.3 Å². The van der Waals surface area contributed by atoms with Gasteiger partial charge in [-0.05, 0) is 56.2 Å². The first-order valence-electron chi connectivity index (χ1n) is 12.0. The summed E-state index contributed by atoms with van der Waals surface area (Å²) in [6.07, 6.45) is 5.53. The molecule has 0 aliphatic heterocycles. The standard InChI is InChI=1S/C25H32F2N4O5/c1-5-35-23(32)16-6-8-17(9-7-16)31(20-14-28-13-12-18(20)15(2)3)25(33)29-19-10-11-21(34-4)30-22(19)36-24(26)27/h10-17,24H,5-9H2,1-4H3,(H,29,33). The zero-order chi connectivity index (χ0) is 26.2. The van der Waals surface area contributed by atoms with Crippen molar-refractivity contribution >= 4 is 23.4 Å². The normalized spacial score (nSPS) is 17.6. The average molecular weight is 507 g/mol. The molecule has 0 bridgehead atoms. The molecular formula is C25H32F2N4O5. The van der Waals surface area contributed by atoms with E-state index in [9.17, 15) is 18.4 Å². The van der Waals surface area contributed by atoms with Crippen LogP contribution in [0.5, 0.6) is 11.8 Å². The number of amides is 2. The molecule has 2 amide bonds. The number of carbonyl (C=O) groups is 2. The molecule has 1 N–H and O–H groups in total. The van der Waals surface area contributed by atoms with E-state index in [2.05, 4.69) is 20.0 Å². The number of nitrogens with one attached hydrogen (secondary N) is 1. The average Bonchev–Trinajstić information content (AvgIpc) is 2.85. The second kappa shape index (κ2) is 12.5. The van der Waals surface area contributed by atoms with E-state index in [1.54, 1.807) is 24.2 Å². The van der Waals surface area contributed by atoms with Crippen LogP contribution in [0.2, 0.25) is 0 Å². The van der Waals surface area contributed by atoms with Gasteiger partial charge in [0.25, 0.3) is 0 Å². The molecule has 0 aromatic carbocycles. The summed E-state index contributed by atoms with van der Waals surface area (Å²) in [5.74, 6) is -0.753. The fourth-order valence-electron chi connectivity index (χ4n) is 4.37. The molecular weight excluding hydrogens is 474 g/mol. The number of hydrogen-bond acceptors (Lipinski definition) is 7. The minimum atomic E-state index is -3.14. The van der Waals surface area contributed by atoms with Crippen molar-refractivity contribution in [3.05, 3.63) is 36.2 Å². The molecule has 1 aliphatic rings. The van der Waals surface area contributed by atoms with Crippen molar-refractivity contribution in [2.45, 2.75) is 65.0 Å². The van der Waals surface area contributed by atoms with Crippen LogP contribution in [0.3, 0.4) is 0 Å². The smallest absolute Gasteiger partial charge is 0.388 e. The van der Waals surface area contributed by atoms with Crippen molar-refractivity contribution in [3.63, 3.8) is 0 Å². The Balaban J connectivity index is 1.93. The van der Waals surface area contributed by atoms with Gasteiger partial charge in [0.15, 0.2) is 0 Å². The summed E-state index contributed by atoms with van der Waals surface area (Å²) in [6, 6.07) is 3.89. The highest BCUT2D eigenvalue weighted by molar-refractivity contribution is 6.03. The summed E-state index contributed by atoms with van der Waals surface area (Å²) >= 11 is 0. The number of carbonyl (C=O) groups excluding carboxylic acids is 2. The minimum Gasteiger partial charge on any atom is -0.481 e. The molecule has 2 aromatic rings. The molecule has 0 saturated heterocycles. The molecule has 0 radical (unpaired) electrons. The Hall–Kier alpha value is -3.50. The number of aromatic nitrogens is 2. The number of rotatable bonds is 9. The van der Waals surface area contributed by atoms with Crippen LogP contribution in [0.25, 0.3) is 0 Å². The number of anilines is 2. The highest BCUT2D eigenvalue weighted by Gasteiger charge is 2.35. The third-order valence-corrected chi connectivity index (χ3v) is 6.10. The molecule has 1 saturated carbocycles. The first-order chi connectivity index (χ1) is 17.2. The number of methoxy groups -OCH3 is 1. The van der Waals surface area contributed by atoms with Gasteiger partial charge in [-0.15, -0.1) is 0 Å². The van der Waals surface area contributed by atoms with Crippen LogP contribution < -0.4 is 19.7 Å². The van der Waals surface area contributed by atoms with Crippen molar-refractivity contribution in [2.75, 3.05) is 23.9 Å². The molecule has 3 rings (SSSR count). The van der Waals surface area contributed by atoms with E-state index in [-0.39, 0.29) is 35.4 Å². The molecule has 36 heavy (non-hydrogen) atoms. The number of alkyl halides is 2. The van der Waals surface area contributed by atoms with Crippen LogP contribution >= 0.6 is 0 Å². The predicted molar refractivity (Wildman–Crippen MR) is 130 cm³/mol. The summed E-state index contributed by atoms with van der Waals surface area (Å²) < 4.78 is 40.7. The number of esters is 1. The molecule has 11 heteroatoms. The van der Waals surface area contributed by atoms with Crippen LogP contribution in [0.1, 0.15) is 57.9 Å². The fraction of sp³-hybridized carbons (Fsp3) is 0.520. The van der Waals surface area contributed by atoms with Gasteiger partial charge in [0.2, 0.25) is 11.8 Å². The van der Waals surface area contributed by atoms with E-state index in [0.29, 0.717) is 38.0 Å². The monoisotopic (exact) mass is 506 g/mol. The van der Waals surface area contributed by atoms with Crippen molar-refractivity contribution < 1.29 is 32.6 Å². The Morgan fingerprint density at radius 1 is 1.17 bits per heavy atom. The SMILES string of the molecule is CCOC(=O)C1CCC(N(C(=O)Nc2ccc(OC)nc2OC(F)F)c2cnccc2C(C)C)CC1. The third-order valence-electron chi connectivity index (χ3n) is 6.10. The lowest BCUT2D eigenvalue weighted by Gasteiger charge is -2.37. The van der Waals surface area contributed by atoms with E-state index in [1.165, 1.54) is 19.2 Å². The number of urea groups is 1. The lowest BCUT2D eigenvalue weighted by atomic mass is 9.85. The number of hydrogen-bond donors (Lipinski definition) is 1. The van der Waals surface area contributed by atoms with Gasteiger partial charge in [0, 0.05) is 18.3 Å². The molecule has 2 aromatic heterocycles. The van der Waals surface area contributed by atoms with Gasteiger partial charge in [-0.3, -0.25) is 14.7 Å². The maximum atomic E-state index is 13.7. The number of halogens is 2. The molecule has 196 valence electrons. The van der Waals surface area contributed by atoms with Gasteiger partial charge in [-0.25, -0.2) is 4.79 Å². The Morgan fingerprint density at radius 3 is 2.50 bits per heavy atom. The van der Waals surface area contributed by atoms with Gasteiger partial charge in [0.05, 0.1) is 31.5 Å². The summed E-state index contributed by atoms with van der Waals surface area (Å²) in [5.41, 5.74) is 1.49. The number of nitrogens with zero attached hydrogens (tertiary/aromatic N) is 3. The number of pyridine rings is 2. The summed E-state index contributed by atoms with van der Waals surface area (Å²) in [6.45, 7) is 2.97. The molecule has 0 atom stereocenters. The zero-order valence-electron chi connectivity index (χ0n) is 20.9. The molecule has 2 heterocycles. The van der Waals surface area contributed by atoms with E-state index in [1.807, 2.05) is 19.9 Å². The molecule has 1 fully saturated rings. The quantitative estimate of drug-likeness (QED) is 0.456. The zero-order valence-corrected chi connectivity index (χ0v) is 20.9. The van der Waals surface area contributed by atoms with E-state index in [4.69, 9.17) is 9.47 Å². The molecule has 0 spiro atoms. The van der Waals surface area contributed by atoms with Gasteiger partial charge in [0.1, 0.15) is 5.69 Å². The summed E-state index contributed by atoms with van der Waals surface area (Å²) in [4.78, 5) is 35.6. The van der Waals surface area contributed by atoms with E-state index in [0.717, 1.165) is 5.56 Å². The van der Waals surface area contributed by atoms with Gasteiger partial charge in [-0.2, -0.15) is 13.8 Å². The van der Waals surface area contributed by atoms with Crippen molar-refractivity contribution in [3.8, 4) is 11.8 Å². The first kappa shape index (κ1) is 27.1. The van der Waals surface area contributed by atoms with Crippen molar-refractivity contribution in [1.29, 1.82) is 0 Å². The van der Waals surface area contributed by atoms with Crippen molar-refractivity contribution in [2.24, 2.45) is 5.92 Å². The highest BCUT2D eigenvalue weighted by atomic mass is 19.3. The Kier molecular flexibility index (Phi) is 9.38.